The first-order chi connectivity index (χ1) is 36.5. The molecule has 0 radical (unpaired) electrons. The number of piperazine rings is 2. The second kappa shape index (κ2) is 23.0. The molecular formula is C50H38F2N18O5. The third-order valence-electron chi connectivity index (χ3n) is 11.7. The molecule has 2 aromatic carbocycles. The van der Waals surface area contributed by atoms with Crippen molar-refractivity contribution in [2.75, 3.05) is 52.4 Å². The van der Waals surface area contributed by atoms with Crippen molar-refractivity contribution >= 4 is 56.6 Å². The molecule has 0 bridgehead atoms. The Kier molecular flexibility index (Phi) is 15.5. The van der Waals surface area contributed by atoms with E-state index in [-0.39, 0.29) is 69.1 Å². The number of amides is 1. The Morgan fingerprint density at radius 2 is 1.05 bits per heavy atom. The highest BCUT2D eigenvalue weighted by Gasteiger charge is 2.32. The largest absolute Gasteiger partial charge is 0.475 e. The van der Waals surface area contributed by atoms with Crippen LogP contribution in [0.4, 0.5) is 8.78 Å². The summed E-state index contributed by atoms with van der Waals surface area (Å²) in [6.45, 7) is 19.0. The lowest BCUT2D eigenvalue weighted by atomic mass is 10.1. The fourth-order valence-corrected chi connectivity index (χ4v) is 8.32. The van der Waals surface area contributed by atoms with Gasteiger partial charge in [-0.2, -0.15) is 0 Å². The summed E-state index contributed by atoms with van der Waals surface area (Å²) < 4.78 is 31.2. The summed E-state index contributed by atoms with van der Waals surface area (Å²) in [5.41, 5.74) is 3.03. The van der Waals surface area contributed by atoms with Crippen LogP contribution in [0.15, 0.2) is 122 Å². The number of Topliss-reactive ketones (excluding diaryl/α,β-unsaturated/α-hetero) is 2. The van der Waals surface area contributed by atoms with Crippen LogP contribution in [0.2, 0.25) is 0 Å². The summed E-state index contributed by atoms with van der Waals surface area (Å²) in [5.74, 6) is -5.58. The van der Waals surface area contributed by atoms with E-state index in [9.17, 15) is 33.2 Å². The van der Waals surface area contributed by atoms with E-state index in [2.05, 4.69) is 60.5 Å². The predicted octanol–water partition coefficient (Wildman–Crippen LogP) is 4.67. The molecule has 0 spiro atoms. The molecule has 2 aliphatic rings. The zero-order valence-corrected chi connectivity index (χ0v) is 39.1. The Morgan fingerprint density at radius 3 is 1.45 bits per heavy atom. The number of ketones is 2. The number of nitriles is 2. The highest BCUT2D eigenvalue weighted by atomic mass is 19.1. The van der Waals surface area contributed by atoms with Gasteiger partial charge in [0.25, 0.3) is 28.9 Å². The lowest BCUT2D eigenvalue weighted by molar-refractivity contribution is -0.131. The van der Waals surface area contributed by atoms with E-state index in [1.165, 1.54) is 45.2 Å². The number of benzene rings is 2. The van der Waals surface area contributed by atoms with Crippen molar-refractivity contribution in [1.29, 1.82) is 10.5 Å². The molecule has 2 fully saturated rings. The third kappa shape index (κ3) is 10.6. The van der Waals surface area contributed by atoms with Crippen LogP contribution in [0.25, 0.3) is 54.5 Å². The molecule has 0 saturated carbocycles. The SMILES string of the molecule is O=C(O)C(=O)c1c[nH]c2c(-n3ccnn3)ncc(F)c12.[C-]#[N+]/C(C#N)=C(/c1ccccc1)N1CCN(C(=O)C(=O)c2c[nH]c3c(-n4ccnn4)ncc(F)c23)CC1.[C-]#[N+]/C(C#N)=C(/c1ccccc1)N1CCNCC1. The number of pyridine rings is 2. The van der Waals surface area contributed by atoms with E-state index in [1.54, 1.807) is 0 Å². The van der Waals surface area contributed by atoms with Crippen LogP contribution in [0.3, 0.4) is 0 Å². The number of carbonyl (C=O) groups excluding carboxylic acids is 3. The molecule has 8 heterocycles. The second-order valence-corrected chi connectivity index (χ2v) is 16.0. The van der Waals surface area contributed by atoms with Gasteiger partial charge in [0.15, 0.2) is 23.3 Å². The number of nitrogens with one attached hydrogen (secondary N) is 3. The van der Waals surface area contributed by atoms with Crippen LogP contribution < -0.4 is 5.32 Å². The first kappa shape index (κ1) is 50.6. The molecule has 75 heavy (non-hydrogen) atoms. The van der Waals surface area contributed by atoms with E-state index < -0.39 is 35.1 Å². The van der Waals surface area contributed by atoms with Gasteiger partial charge in [-0.15, -0.1) is 10.2 Å². The number of rotatable bonds is 10. The van der Waals surface area contributed by atoms with Crippen molar-refractivity contribution in [3.05, 3.63) is 178 Å². The minimum Gasteiger partial charge on any atom is -0.475 e. The molecule has 0 unspecified atom stereocenters. The molecule has 2 saturated heterocycles. The van der Waals surface area contributed by atoms with Crippen molar-refractivity contribution in [3.8, 4) is 23.8 Å². The van der Waals surface area contributed by atoms with Crippen molar-refractivity contribution in [1.82, 2.24) is 69.9 Å². The quantitative estimate of drug-likeness (QED) is 0.0626. The fraction of sp³-hybridized carbons (Fsp3) is 0.160. The van der Waals surface area contributed by atoms with Gasteiger partial charge >= 0.3 is 5.97 Å². The molecule has 6 aromatic heterocycles. The number of hydrogen-bond donors (Lipinski definition) is 4. The van der Waals surface area contributed by atoms with Crippen LogP contribution in [-0.2, 0) is 9.59 Å². The average molecular weight is 1010 g/mol. The normalized spacial score (nSPS) is 13.8. The first-order valence-corrected chi connectivity index (χ1v) is 22.5. The highest BCUT2D eigenvalue weighted by Crippen LogP contribution is 2.30. The molecule has 372 valence electrons. The summed E-state index contributed by atoms with van der Waals surface area (Å²) in [6.07, 6.45) is 10.1. The van der Waals surface area contributed by atoms with Gasteiger partial charge in [-0.25, -0.2) is 53.1 Å². The number of carboxylic acids is 1. The van der Waals surface area contributed by atoms with Gasteiger partial charge in [-0.1, -0.05) is 71.1 Å². The molecule has 0 atom stereocenters. The van der Waals surface area contributed by atoms with Crippen molar-refractivity contribution in [2.45, 2.75) is 0 Å². The van der Waals surface area contributed by atoms with E-state index in [0.29, 0.717) is 18.8 Å². The monoisotopic (exact) mass is 1010 g/mol. The van der Waals surface area contributed by atoms with Gasteiger partial charge in [0.1, 0.15) is 0 Å². The number of aromatic amines is 2. The summed E-state index contributed by atoms with van der Waals surface area (Å²) in [4.78, 5) is 74.0. The van der Waals surface area contributed by atoms with Crippen molar-refractivity contribution in [3.63, 3.8) is 0 Å². The van der Waals surface area contributed by atoms with Gasteiger partial charge in [0.05, 0.1) is 107 Å². The summed E-state index contributed by atoms with van der Waals surface area (Å²) >= 11 is 0. The van der Waals surface area contributed by atoms with Crippen LogP contribution >= 0.6 is 0 Å². The fourth-order valence-electron chi connectivity index (χ4n) is 8.32. The van der Waals surface area contributed by atoms with Crippen LogP contribution in [0.1, 0.15) is 31.8 Å². The summed E-state index contributed by atoms with van der Waals surface area (Å²) in [5, 5.41) is 45.3. The number of halogens is 2. The van der Waals surface area contributed by atoms with Crippen LogP contribution in [-0.4, -0.2) is 146 Å². The lowest BCUT2D eigenvalue weighted by Crippen LogP contribution is -2.50. The molecule has 25 heteroatoms. The highest BCUT2D eigenvalue weighted by molar-refractivity contribution is 6.45. The van der Waals surface area contributed by atoms with Gasteiger partial charge in [0, 0.05) is 64.8 Å². The Labute approximate surface area is 423 Å². The minimum absolute atomic E-state index is 0.0480. The smallest absolute Gasteiger partial charge is 0.377 e. The predicted molar refractivity (Wildman–Crippen MR) is 262 cm³/mol. The van der Waals surface area contributed by atoms with Crippen molar-refractivity contribution < 1.29 is 33.1 Å². The number of aliphatic carboxylic acids is 1. The molecule has 2 aliphatic heterocycles. The van der Waals surface area contributed by atoms with E-state index in [0.717, 1.165) is 61.6 Å². The molecule has 1 amide bonds. The average Bonchev–Trinajstić information content (AvgIpc) is 4.33. The zero-order valence-electron chi connectivity index (χ0n) is 39.1. The number of H-pyrrole nitrogens is 2. The minimum atomic E-state index is -1.66. The first-order valence-electron chi connectivity index (χ1n) is 22.5. The Bertz CT molecular complexity index is 3630. The number of fused-ring (bicyclic) bond motifs is 2. The van der Waals surface area contributed by atoms with Crippen molar-refractivity contribution in [2.24, 2.45) is 0 Å². The number of carbonyl (C=O) groups is 4. The number of hydrogen-bond acceptors (Lipinski definition) is 15. The van der Waals surface area contributed by atoms with E-state index in [1.807, 2.05) is 77.7 Å². The summed E-state index contributed by atoms with van der Waals surface area (Å²) in [6, 6.07) is 22.7. The zero-order chi connectivity index (χ0) is 53.0. The maximum Gasteiger partial charge on any atom is 0.377 e. The number of carboxylic acid groups (broad SMARTS) is 1. The molecular weight excluding hydrogens is 971 g/mol. The third-order valence-corrected chi connectivity index (χ3v) is 11.7. The van der Waals surface area contributed by atoms with E-state index in [4.69, 9.17) is 23.5 Å². The molecule has 23 nitrogen and oxygen atoms in total. The number of allylic oxidation sites excluding steroid dienone is 2. The maximum atomic E-state index is 14.7. The molecule has 10 rings (SSSR count). The number of aromatic nitrogens is 10. The maximum absolute atomic E-state index is 14.7. The second-order valence-electron chi connectivity index (χ2n) is 16.0. The van der Waals surface area contributed by atoms with Crippen LogP contribution in [0, 0.1) is 47.4 Å². The van der Waals surface area contributed by atoms with Gasteiger partial charge < -0.3 is 35.1 Å². The Hall–Kier alpha value is -10.8. The topological polar surface area (TPSA) is 285 Å². The molecule has 0 aliphatic carbocycles. The van der Waals surface area contributed by atoms with E-state index >= 15 is 0 Å². The summed E-state index contributed by atoms with van der Waals surface area (Å²) in [7, 11) is 0. The molecule has 8 aromatic rings. The Morgan fingerprint density at radius 1 is 0.627 bits per heavy atom. The standard InChI is InChI=1S/C25H18FN9O2.C14H14N4.C11H6FN5O3/c1-28-19(13-27)22(16-5-3-2-4-6-16)33-9-11-34(12-10-33)25(37)23(36)17-14-29-21-20(17)18(26)15-30-24(21)35-8-7-31-32-35;1-16-13(11-15)14(12-5-3-2-4-6-12)18-9-7-17-8-10-18;12-6-4-14-10(17-2-1-15-16-17)8-7(6)5(3-13-8)9(18)11(19)20/h2-8,14-15,29H,9-12H2;2-6,17H,7-10H2;1-4,13H,(H,19,20)/b22-19-;14-13-;. The van der Waals surface area contributed by atoms with Gasteiger partial charge in [0.2, 0.25) is 0 Å². The molecule has 4 N–H and O–H groups in total. The van der Waals surface area contributed by atoms with Gasteiger partial charge in [-0.3, -0.25) is 14.4 Å². The lowest BCUT2D eigenvalue weighted by Gasteiger charge is -2.37. The van der Waals surface area contributed by atoms with Gasteiger partial charge in [-0.05, 0) is 11.1 Å². The number of nitrogens with zero attached hydrogens (tertiary/aromatic N) is 15. The Balaban J connectivity index is 0.000000165. The van der Waals surface area contributed by atoms with Crippen LogP contribution in [0.5, 0.6) is 0 Å².